The Labute approximate surface area is 220 Å². The van der Waals surface area contributed by atoms with Crippen LogP contribution >= 0.6 is 0 Å². The Bertz CT molecular complexity index is 1380. The minimum atomic E-state index is -1.03. The van der Waals surface area contributed by atoms with Gasteiger partial charge in [0.05, 0.1) is 0 Å². The number of pyridine rings is 1. The maximum absolute atomic E-state index is 13.5. The van der Waals surface area contributed by atoms with Crippen LogP contribution in [0.3, 0.4) is 0 Å². The average molecular weight is 512 g/mol. The summed E-state index contributed by atoms with van der Waals surface area (Å²) in [7, 11) is 0. The van der Waals surface area contributed by atoms with Crippen molar-refractivity contribution in [3.8, 4) is 0 Å². The Balaban J connectivity index is 1.54. The molecule has 0 saturated heterocycles. The molecule has 0 aliphatic heterocycles. The minimum absolute atomic E-state index is 0.0488. The first-order chi connectivity index (χ1) is 18.5. The Kier molecular flexibility index (Phi) is 8.98. The molecule has 194 valence electrons. The molecule has 0 unspecified atom stereocenters. The second-order valence-electron chi connectivity index (χ2n) is 8.70. The van der Waals surface area contributed by atoms with Gasteiger partial charge in [0, 0.05) is 24.7 Å². The predicted molar refractivity (Wildman–Crippen MR) is 143 cm³/mol. The first kappa shape index (κ1) is 26.3. The second-order valence-corrected chi connectivity index (χ2v) is 8.70. The van der Waals surface area contributed by atoms with Crippen LogP contribution in [0.15, 0.2) is 97.2 Å². The molecule has 1 aromatic heterocycles. The molecule has 3 amide bonds. The quantitative estimate of drug-likeness (QED) is 0.147. The highest BCUT2D eigenvalue weighted by Gasteiger charge is 2.28. The molecule has 3 aromatic carbocycles. The highest BCUT2D eigenvalue weighted by Crippen LogP contribution is 2.20. The van der Waals surface area contributed by atoms with E-state index < -0.39 is 30.0 Å². The summed E-state index contributed by atoms with van der Waals surface area (Å²) >= 11 is 0. The van der Waals surface area contributed by atoms with Crippen molar-refractivity contribution >= 4 is 28.7 Å². The molecule has 4 rings (SSSR count). The van der Waals surface area contributed by atoms with Gasteiger partial charge in [-0.2, -0.15) is 0 Å². The first-order valence-corrected chi connectivity index (χ1v) is 12.2. The highest BCUT2D eigenvalue weighted by molar-refractivity contribution is 5.92. The molecule has 4 aromatic rings. The lowest BCUT2D eigenvalue weighted by molar-refractivity contribution is -0.130. The molecule has 2 atom stereocenters. The lowest BCUT2D eigenvalue weighted by atomic mass is 9.98. The molecular weight excluding hydrogens is 482 g/mol. The monoisotopic (exact) mass is 511 g/mol. The summed E-state index contributed by atoms with van der Waals surface area (Å²) in [5, 5.41) is 7.36. The van der Waals surface area contributed by atoms with Crippen LogP contribution in [0, 0.1) is 0 Å². The Morgan fingerprint density at radius 3 is 2.24 bits per heavy atom. The van der Waals surface area contributed by atoms with E-state index in [-0.39, 0.29) is 19.4 Å². The van der Waals surface area contributed by atoms with Crippen LogP contribution in [0.4, 0.5) is 4.79 Å². The number of carbonyl (C=O) groups excluding carboxylic acids is 3. The molecule has 0 aliphatic rings. The molecule has 0 saturated carbocycles. The molecule has 9 nitrogen and oxygen atoms in total. The lowest BCUT2D eigenvalue weighted by Gasteiger charge is -2.23. The Morgan fingerprint density at radius 1 is 0.763 bits per heavy atom. The Morgan fingerprint density at radius 2 is 1.47 bits per heavy atom. The fourth-order valence-electron chi connectivity index (χ4n) is 4.12. The number of rotatable bonds is 10. The number of alkyl carbamates (subject to hydrolysis) is 1. The van der Waals surface area contributed by atoms with Crippen LogP contribution in [0.25, 0.3) is 10.8 Å². The van der Waals surface area contributed by atoms with Crippen LogP contribution in [0.1, 0.15) is 16.8 Å². The number of fused-ring (bicyclic) bond motifs is 1. The summed E-state index contributed by atoms with van der Waals surface area (Å²) < 4.78 is 5.36. The zero-order valence-electron chi connectivity index (χ0n) is 20.7. The summed E-state index contributed by atoms with van der Waals surface area (Å²) in [4.78, 5) is 42.9. The van der Waals surface area contributed by atoms with Gasteiger partial charge in [-0.05, 0) is 34.0 Å². The number of ether oxygens (including phenoxy) is 1. The van der Waals surface area contributed by atoms with E-state index in [0.717, 1.165) is 21.9 Å². The van der Waals surface area contributed by atoms with Crippen molar-refractivity contribution < 1.29 is 19.1 Å². The third-order valence-electron chi connectivity index (χ3n) is 6.04. The molecule has 0 bridgehead atoms. The first-order valence-electron chi connectivity index (χ1n) is 12.2. The van der Waals surface area contributed by atoms with E-state index in [4.69, 9.17) is 10.6 Å². The van der Waals surface area contributed by atoms with E-state index in [1.807, 2.05) is 72.8 Å². The Hall–Kier alpha value is -4.76. The number of nitrogens with two attached hydrogens (primary N) is 1. The third kappa shape index (κ3) is 7.14. The smallest absolute Gasteiger partial charge is 0.408 e. The predicted octanol–water partition coefficient (Wildman–Crippen LogP) is 2.79. The van der Waals surface area contributed by atoms with Gasteiger partial charge in [-0.15, -0.1) is 0 Å². The van der Waals surface area contributed by atoms with Crippen molar-refractivity contribution in [2.24, 2.45) is 5.84 Å². The average Bonchev–Trinajstić information content (AvgIpc) is 2.96. The number of carbonyl (C=O) groups is 3. The number of nitrogens with zero attached hydrogens (tertiary/aromatic N) is 1. The van der Waals surface area contributed by atoms with Crippen LogP contribution in [0.2, 0.25) is 0 Å². The van der Waals surface area contributed by atoms with E-state index in [2.05, 4.69) is 21.0 Å². The molecule has 9 heteroatoms. The number of hydrogen-bond donors (Lipinski definition) is 4. The van der Waals surface area contributed by atoms with Gasteiger partial charge >= 0.3 is 6.09 Å². The summed E-state index contributed by atoms with van der Waals surface area (Å²) in [5.41, 5.74) is 4.36. The summed E-state index contributed by atoms with van der Waals surface area (Å²) in [6.07, 6.45) is 1.14. The maximum atomic E-state index is 13.5. The van der Waals surface area contributed by atoms with E-state index in [0.29, 0.717) is 5.69 Å². The summed E-state index contributed by atoms with van der Waals surface area (Å²) in [6, 6.07) is 26.0. The molecule has 5 N–H and O–H groups in total. The van der Waals surface area contributed by atoms with Gasteiger partial charge in [0.2, 0.25) is 5.91 Å². The van der Waals surface area contributed by atoms with Gasteiger partial charge in [0.1, 0.15) is 18.7 Å². The van der Waals surface area contributed by atoms with Gasteiger partial charge in [-0.3, -0.25) is 20.0 Å². The topological polar surface area (TPSA) is 135 Å². The van der Waals surface area contributed by atoms with Gasteiger partial charge in [0.15, 0.2) is 0 Å². The molecular formula is C29H29N5O4. The third-order valence-corrected chi connectivity index (χ3v) is 6.04. The van der Waals surface area contributed by atoms with Gasteiger partial charge in [0.25, 0.3) is 5.91 Å². The van der Waals surface area contributed by atoms with Crippen LogP contribution in [-0.2, 0) is 33.8 Å². The largest absolute Gasteiger partial charge is 0.445 e. The summed E-state index contributed by atoms with van der Waals surface area (Å²) in [5.74, 6) is 4.24. The number of amides is 3. The fraction of sp³-hybridized carbons (Fsp3) is 0.172. The minimum Gasteiger partial charge on any atom is -0.445 e. The van der Waals surface area contributed by atoms with E-state index in [1.165, 1.54) is 0 Å². The SMILES string of the molecule is NNC(=O)[C@H](Cc1ccccn1)NC(=O)[C@H](Cc1cccc2ccccc12)NC(=O)OCc1ccccc1. The fourth-order valence-corrected chi connectivity index (χ4v) is 4.12. The van der Waals surface area contributed by atoms with Crippen LogP contribution in [0.5, 0.6) is 0 Å². The van der Waals surface area contributed by atoms with Crippen molar-refractivity contribution in [2.75, 3.05) is 0 Å². The zero-order valence-corrected chi connectivity index (χ0v) is 20.7. The van der Waals surface area contributed by atoms with Gasteiger partial charge in [-0.25, -0.2) is 10.6 Å². The molecule has 38 heavy (non-hydrogen) atoms. The summed E-state index contributed by atoms with van der Waals surface area (Å²) in [6.45, 7) is 0.0488. The van der Waals surface area contributed by atoms with Crippen LogP contribution < -0.4 is 21.9 Å². The zero-order chi connectivity index (χ0) is 26.7. The molecule has 0 aliphatic carbocycles. The number of hydrogen-bond acceptors (Lipinski definition) is 6. The van der Waals surface area contributed by atoms with Crippen molar-refractivity contribution in [3.05, 3.63) is 114 Å². The van der Waals surface area contributed by atoms with E-state index in [1.54, 1.807) is 24.4 Å². The van der Waals surface area contributed by atoms with Gasteiger partial charge < -0.3 is 15.4 Å². The normalized spacial score (nSPS) is 12.2. The van der Waals surface area contributed by atoms with Gasteiger partial charge in [-0.1, -0.05) is 78.9 Å². The number of benzene rings is 3. The van der Waals surface area contributed by atoms with Crippen LogP contribution in [-0.4, -0.2) is 35.0 Å². The van der Waals surface area contributed by atoms with Crippen molar-refractivity contribution in [1.82, 2.24) is 21.0 Å². The van der Waals surface area contributed by atoms with E-state index in [9.17, 15) is 14.4 Å². The maximum Gasteiger partial charge on any atom is 0.408 e. The van der Waals surface area contributed by atoms with E-state index >= 15 is 0 Å². The lowest BCUT2D eigenvalue weighted by Crippen LogP contribution is -2.56. The molecule has 1 heterocycles. The van der Waals surface area contributed by atoms with Crippen molar-refractivity contribution in [1.29, 1.82) is 0 Å². The standard InChI is InChI=1S/C29H29N5O4/c30-34-28(36)26(18-23-14-6-7-16-31-23)32-27(35)25(33-29(37)38-19-20-9-2-1-3-10-20)17-22-13-8-12-21-11-4-5-15-24(21)22/h1-16,25-26H,17-19,30H2,(H,32,35)(H,33,37)(H,34,36)/t25-,26-/m0/s1. The highest BCUT2D eigenvalue weighted by atomic mass is 16.5. The van der Waals surface area contributed by atoms with Crippen molar-refractivity contribution in [3.63, 3.8) is 0 Å². The van der Waals surface area contributed by atoms with Crippen molar-refractivity contribution in [2.45, 2.75) is 31.5 Å². The molecule has 0 spiro atoms. The number of hydrazine groups is 1. The second kappa shape index (κ2) is 13.0. The molecule has 0 fully saturated rings. The number of aromatic nitrogens is 1. The molecule has 0 radical (unpaired) electrons. The number of nitrogens with one attached hydrogen (secondary N) is 3.